The molecule has 0 saturated heterocycles. The molecule has 0 radical (unpaired) electrons. The average Bonchev–Trinajstić information content (AvgIpc) is 2.58. The van der Waals surface area contributed by atoms with Crippen LogP contribution in [0, 0.1) is 22.7 Å². The summed E-state index contributed by atoms with van der Waals surface area (Å²) >= 11 is 6.03. The third-order valence-corrected chi connectivity index (χ3v) is 3.50. The first-order chi connectivity index (χ1) is 11.1. The first-order valence-corrected chi connectivity index (χ1v) is 7.39. The number of nitrogens with one attached hydrogen (secondary N) is 2. The maximum atomic E-state index is 8.80. The van der Waals surface area contributed by atoms with E-state index in [1.807, 2.05) is 36.4 Å². The number of hydrogen-bond acceptors (Lipinski definition) is 4. The van der Waals surface area contributed by atoms with E-state index in [-0.39, 0.29) is 11.6 Å². The average molecular weight is 323 g/mol. The van der Waals surface area contributed by atoms with E-state index < -0.39 is 0 Å². The Hall–Kier alpha value is -2.95. The highest BCUT2D eigenvalue weighted by Crippen LogP contribution is 2.29. The van der Waals surface area contributed by atoms with Gasteiger partial charge in [0.25, 0.3) is 0 Å². The largest absolute Gasteiger partial charge is 0.377 e. The summed E-state index contributed by atoms with van der Waals surface area (Å²) in [6, 6.07) is 19.1. The number of nitrogens with zero attached hydrogens (tertiary/aromatic N) is 2. The van der Waals surface area contributed by atoms with Gasteiger partial charge in [0.2, 0.25) is 0 Å². The molecule has 2 aromatic rings. The molecule has 23 heavy (non-hydrogen) atoms. The minimum absolute atomic E-state index is 0.00738. The van der Waals surface area contributed by atoms with Crippen molar-refractivity contribution < 1.29 is 0 Å². The Bertz CT molecular complexity index is 769. The van der Waals surface area contributed by atoms with E-state index in [9.17, 15) is 0 Å². The van der Waals surface area contributed by atoms with Crippen LogP contribution >= 0.6 is 11.6 Å². The molecular formula is C18H15ClN4. The van der Waals surface area contributed by atoms with Crippen LogP contribution < -0.4 is 10.6 Å². The Kier molecular flexibility index (Phi) is 5.63. The van der Waals surface area contributed by atoms with Gasteiger partial charge in [0, 0.05) is 17.3 Å². The second-order valence-corrected chi connectivity index (χ2v) is 5.33. The van der Waals surface area contributed by atoms with Crippen molar-refractivity contribution in [3.8, 4) is 12.1 Å². The van der Waals surface area contributed by atoms with Crippen LogP contribution in [-0.2, 0) is 0 Å². The highest BCUT2D eigenvalue weighted by Gasteiger charge is 2.08. The summed E-state index contributed by atoms with van der Waals surface area (Å²) in [6.07, 6.45) is 1.37. The predicted octanol–water partition coefficient (Wildman–Crippen LogP) is 4.86. The molecule has 0 bridgehead atoms. The number of benzene rings is 2. The van der Waals surface area contributed by atoms with Gasteiger partial charge in [0.05, 0.1) is 11.4 Å². The zero-order valence-corrected chi connectivity index (χ0v) is 13.3. The molecule has 0 spiro atoms. The molecule has 1 atom stereocenters. The summed E-state index contributed by atoms with van der Waals surface area (Å²) in [4.78, 5) is 0. The third kappa shape index (κ3) is 4.51. The minimum Gasteiger partial charge on any atom is -0.377 e. The second-order valence-electron chi connectivity index (χ2n) is 4.89. The summed E-state index contributed by atoms with van der Waals surface area (Å²) in [5.41, 5.74) is 2.67. The fourth-order valence-electron chi connectivity index (χ4n) is 2.06. The van der Waals surface area contributed by atoms with Crippen molar-refractivity contribution in [3.05, 3.63) is 70.9 Å². The van der Waals surface area contributed by atoms with E-state index in [4.69, 9.17) is 22.1 Å². The number of rotatable bonds is 5. The SMILES string of the molecule is CC(Nc1ccc(Cl)cc1NC=C(C#N)C#N)c1ccccc1. The van der Waals surface area contributed by atoms with Gasteiger partial charge in [-0.15, -0.1) is 0 Å². The second kappa shape index (κ2) is 7.89. The van der Waals surface area contributed by atoms with Gasteiger partial charge in [0.15, 0.2) is 0 Å². The Balaban J connectivity index is 2.24. The monoisotopic (exact) mass is 322 g/mol. The Morgan fingerprint density at radius 1 is 1.09 bits per heavy atom. The normalized spacial score (nSPS) is 10.8. The Morgan fingerprint density at radius 2 is 1.78 bits per heavy atom. The van der Waals surface area contributed by atoms with Crippen molar-refractivity contribution in [2.24, 2.45) is 0 Å². The molecule has 2 rings (SSSR count). The molecule has 0 fully saturated rings. The molecule has 0 aliphatic carbocycles. The molecule has 0 amide bonds. The van der Waals surface area contributed by atoms with Crippen molar-refractivity contribution in [1.29, 1.82) is 10.5 Å². The highest BCUT2D eigenvalue weighted by molar-refractivity contribution is 6.31. The smallest absolute Gasteiger partial charge is 0.145 e. The number of nitriles is 2. The van der Waals surface area contributed by atoms with Gasteiger partial charge in [-0.05, 0) is 30.7 Å². The van der Waals surface area contributed by atoms with Crippen LogP contribution in [0.5, 0.6) is 0 Å². The van der Waals surface area contributed by atoms with E-state index in [2.05, 4.69) is 17.6 Å². The van der Waals surface area contributed by atoms with Crippen LogP contribution in [0.2, 0.25) is 5.02 Å². The molecule has 1 unspecified atom stereocenters. The van der Waals surface area contributed by atoms with E-state index in [0.717, 1.165) is 11.3 Å². The van der Waals surface area contributed by atoms with Crippen molar-refractivity contribution in [1.82, 2.24) is 0 Å². The van der Waals surface area contributed by atoms with Gasteiger partial charge in [-0.3, -0.25) is 0 Å². The summed E-state index contributed by atoms with van der Waals surface area (Å²) in [5, 5.41) is 24.5. The molecule has 4 nitrogen and oxygen atoms in total. The number of allylic oxidation sites excluding steroid dienone is 1. The van der Waals surface area contributed by atoms with Crippen molar-refractivity contribution >= 4 is 23.0 Å². The lowest BCUT2D eigenvalue weighted by molar-refractivity contribution is 0.885. The van der Waals surface area contributed by atoms with Crippen LogP contribution in [0.25, 0.3) is 0 Å². The number of hydrogen-bond donors (Lipinski definition) is 2. The molecular weight excluding hydrogens is 308 g/mol. The summed E-state index contributed by atoms with van der Waals surface area (Å²) in [7, 11) is 0. The number of anilines is 2. The summed E-state index contributed by atoms with van der Waals surface area (Å²) < 4.78 is 0. The fraction of sp³-hybridized carbons (Fsp3) is 0.111. The molecule has 0 heterocycles. The maximum absolute atomic E-state index is 8.80. The molecule has 0 aliphatic rings. The predicted molar refractivity (Wildman–Crippen MR) is 92.9 cm³/mol. The Morgan fingerprint density at radius 3 is 2.43 bits per heavy atom. The maximum Gasteiger partial charge on any atom is 0.145 e. The zero-order valence-electron chi connectivity index (χ0n) is 12.5. The quantitative estimate of drug-likeness (QED) is 0.771. The van der Waals surface area contributed by atoms with Crippen LogP contribution in [-0.4, -0.2) is 0 Å². The minimum atomic E-state index is -0.00738. The first-order valence-electron chi connectivity index (χ1n) is 7.02. The zero-order chi connectivity index (χ0) is 16.7. The summed E-state index contributed by atoms with van der Waals surface area (Å²) in [5.74, 6) is 0. The first kappa shape index (κ1) is 16.4. The lowest BCUT2D eigenvalue weighted by Crippen LogP contribution is -2.08. The Labute approximate surface area is 140 Å². The molecule has 2 N–H and O–H groups in total. The van der Waals surface area contributed by atoms with Crippen molar-refractivity contribution in [3.63, 3.8) is 0 Å². The molecule has 114 valence electrons. The van der Waals surface area contributed by atoms with Crippen LogP contribution in [0.15, 0.2) is 60.3 Å². The van der Waals surface area contributed by atoms with E-state index in [0.29, 0.717) is 10.7 Å². The lowest BCUT2D eigenvalue weighted by Gasteiger charge is -2.18. The fourth-order valence-corrected chi connectivity index (χ4v) is 2.23. The van der Waals surface area contributed by atoms with E-state index >= 15 is 0 Å². The molecule has 2 aromatic carbocycles. The van der Waals surface area contributed by atoms with Crippen molar-refractivity contribution in [2.75, 3.05) is 10.6 Å². The van der Waals surface area contributed by atoms with Crippen LogP contribution in [0.4, 0.5) is 11.4 Å². The molecule has 0 saturated carbocycles. The van der Waals surface area contributed by atoms with Gasteiger partial charge in [-0.1, -0.05) is 41.9 Å². The van der Waals surface area contributed by atoms with Gasteiger partial charge in [0.1, 0.15) is 17.7 Å². The molecule has 0 aliphatic heterocycles. The van der Waals surface area contributed by atoms with Crippen LogP contribution in [0.1, 0.15) is 18.5 Å². The van der Waals surface area contributed by atoms with Crippen LogP contribution in [0.3, 0.4) is 0 Å². The number of halogens is 1. The van der Waals surface area contributed by atoms with Gasteiger partial charge in [-0.25, -0.2) is 0 Å². The van der Waals surface area contributed by atoms with Gasteiger partial charge < -0.3 is 10.6 Å². The summed E-state index contributed by atoms with van der Waals surface area (Å²) in [6.45, 7) is 2.06. The van der Waals surface area contributed by atoms with E-state index in [1.165, 1.54) is 6.20 Å². The molecule has 0 aromatic heterocycles. The lowest BCUT2D eigenvalue weighted by atomic mass is 10.1. The van der Waals surface area contributed by atoms with Gasteiger partial charge in [-0.2, -0.15) is 10.5 Å². The van der Waals surface area contributed by atoms with Crippen molar-refractivity contribution in [2.45, 2.75) is 13.0 Å². The standard InChI is InChI=1S/C18H15ClN4/c1-13(15-5-3-2-4-6-15)23-17-8-7-16(19)9-18(17)22-12-14(10-20)11-21/h2-9,12-13,22-23H,1H3. The highest BCUT2D eigenvalue weighted by atomic mass is 35.5. The molecule has 5 heteroatoms. The third-order valence-electron chi connectivity index (χ3n) is 3.27. The topological polar surface area (TPSA) is 71.6 Å². The van der Waals surface area contributed by atoms with Gasteiger partial charge >= 0.3 is 0 Å². The van der Waals surface area contributed by atoms with E-state index in [1.54, 1.807) is 24.3 Å².